The minimum atomic E-state index is -0.366. The van der Waals surface area contributed by atoms with Crippen LogP contribution in [0.2, 0.25) is 10.0 Å². The first-order chi connectivity index (χ1) is 20.4. The summed E-state index contributed by atoms with van der Waals surface area (Å²) in [5.41, 5.74) is 3.70. The summed E-state index contributed by atoms with van der Waals surface area (Å²) in [6.45, 7) is 6.07. The molecule has 2 aliphatic rings. The van der Waals surface area contributed by atoms with Crippen molar-refractivity contribution in [3.05, 3.63) is 105 Å². The molecule has 5 rings (SSSR count). The van der Waals surface area contributed by atoms with Gasteiger partial charge in [-0.15, -0.1) is 0 Å². The fourth-order valence-corrected chi connectivity index (χ4v) is 5.50. The molecule has 0 aliphatic carbocycles. The van der Waals surface area contributed by atoms with Gasteiger partial charge in [-0.25, -0.2) is 0 Å². The molecular formula is C32H36Cl2N4O4. The lowest BCUT2D eigenvalue weighted by atomic mass is 9.93. The minimum Gasteiger partial charge on any atom is -0.379 e. The number of rotatable bonds is 10. The zero-order chi connectivity index (χ0) is 29.3. The largest absolute Gasteiger partial charge is 0.379 e. The Kier molecular flexibility index (Phi) is 10.9. The summed E-state index contributed by atoms with van der Waals surface area (Å²) >= 11 is 12.3. The van der Waals surface area contributed by atoms with Crippen molar-refractivity contribution in [2.24, 2.45) is 0 Å². The van der Waals surface area contributed by atoms with Gasteiger partial charge in [0.05, 0.1) is 51.6 Å². The first-order valence-electron chi connectivity index (χ1n) is 14.2. The molecule has 3 aromatic carbocycles. The number of halogens is 2. The Morgan fingerprint density at radius 2 is 0.857 bits per heavy atom. The highest BCUT2D eigenvalue weighted by Crippen LogP contribution is 2.28. The first kappa shape index (κ1) is 30.5. The highest BCUT2D eigenvalue weighted by molar-refractivity contribution is 6.30. The lowest BCUT2D eigenvalue weighted by molar-refractivity contribution is -0.124. The summed E-state index contributed by atoms with van der Waals surface area (Å²) in [5.74, 6) is -0.120. The van der Waals surface area contributed by atoms with Crippen molar-refractivity contribution in [3.63, 3.8) is 0 Å². The summed E-state index contributed by atoms with van der Waals surface area (Å²) in [6.07, 6.45) is 0. The predicted octanol–water partition coefficient (Wildman–Crippen LogP) is 4.07. The van der Waals surface area contributed by atoms with Crippen molar-refractivity contribution in [1.82, 2.24) is 20.4 Å². The molecule has 2 N–H and O–H groups in total. The second-order valence-corrected chi connectivity index (χ2v) is 11.4. The maximum atomic E-state index is 13.1. The average Bonchev–Trinajstić information content (AvgIpc) is 3.01. The normalized spacial score (nSPS) is 17.8. The van der Waals surface area contributed by atoms with Gasteiger partial charge < -0.3 is 20.1 Å². The molecule has 0 radical (unpaired) electrons. The van der Waals surface area contributed by atoms with Crippen LogP contribution in [0, 0.1) is 0 Å². The zero-order valence-corrected chi connectivity index (χ0v) is 24.9. The Bertz CT molecular complexity index is 1210. The molecule has 0 spiro atoms. The third kappa shape index (κ3) is 8.53. The molecule has 2 aliphatic heterocycles. The highest BCUT2D eigenvalue weighted by Gasteiger charge is 2.23. The standard InChI is InChI=1S/C32H36Cl2N4O4/c33-27-9-5-25(6-10-27)31(35-29(39)21-37-13-17-41-18-14-37)23-1-2-24(4-3-23)32(26-7-11-28(34)12-8-26)36-30(40)22-38-15-19-42-20-16-38/h1-12,31-32H,13-22H2,(H,35,39)(H,36,40). The molecular weight excluding hydrogens is 575 g/mol. The van der Waals surface area contributed by atoms with Crippen LogP contribution in [-0.2, 0) is 19.1 Å². The van der Waals surface area contributed by atoms with Gasteiger partial charge in [0, 0.05) is 36.2 Å². The first-order valence-corrected chi connectivity index (χ1v) is 15.0. The monoisotopic (exact) mass is 610 g/mol. The molecule has 2 heterocycles. The van der Waals surface area contributed by atoms with E-state index >= 15 is 0 Å². The third-order valence-electron chi connectivity index (χ3n) is 7.56. The number of amides is 2. The Morgan fingerprint density at radius 3 is 1.17 bits per heavy atom. The number of benzene rings is 3. The van der Waals surface area contributed by atoms with Crippen LogP contribution in [0.15, 0.2) is 72.8 Å². The Balaban J connectivity index is 1.36. The molecule has 2 amide bonds. The van der Waals surface area contributed by atoms with E-state index in [2.05, 4.69) is 20.4 Å². The van der Waals surface area contributed by atoms with Crippen LogP contribution in [0.25, 0.3) is 0 Å². The maximum Gasteiger partial charge on any atom is 0.234 e. The molecule has 0 aromatic heterocycles. The lowest BCUT2D eigenvalue weighted by Gasteiger charge is -2.28. The zero-order valence-electron chi connectivity index (χ0n) is 23.4. The molecule has 0 bridgehead atoms. The van der Waals surface area contributed by atoms with Crippen LogP contribution in [0.5, 0.6) is 0 Å². The molecule has 10 heteroatoms. The van der Waals surface area contributed by atoms with Crippen LogP contribution in [0.4, 0.5) is 0 Å². The van der Waals surface area contributed by atoms with E-state index in [-0.39, 0.29) is 23.9 Å². The van der Waals surface area contributed by atoms with Gasteiger partial charge in [-0.1, -0.05) is 71.7 Å². The summed E-state index contributed by atoms with van der Waals surface area (Å²) in [4.78, 5) is 30.4. The maximum absolute atomic E-state index is 13.1. The van der Waals surface area contributed by atoms with Gasteiger partial charge in [-0.05, 0) is 46.5 Å². The lowest BCUT2D eigenvalue weighted by Crippen LogP contribution is -2.44. The quantitative estimate of drug-likeness (QED) is 0.360. The molecule has 2 saturated heterocycles. The molecule has 222 valence electrons. The number of ether oxygens (including phenoxy) is 2. The van der Waals surface area contributed by atoms with Gasteiger partial charge in [0.15, 0.2) is 0 Å². The SMILES string of the molecule is O=C(CN1CCOCC1)NC(c1ccc(Cl)cc1)c1ccc(C(NC(=O)CN2CCOCC2)c2ccc(Cl)cc2)cc1. The minimum absolute atomic E-state index is 0.0599. The van der Waals surface area contributed by atoms with Crippen LogP contribution >= 0.6 is 23.2 Å². The fourth-order valence-electron chi connectivity index (χ4n) is 5.25. The number of hydrogen-bond donors (Lipinski definition) is 2. The average molecular weight is 612 g/mol. The van der Waals surface area contributed by atoms with E-state index in [1.807, 2.05) is 72.8 Å². The number of hydrogen-bond acceptors (Lipinski definition) is 6. The molecule has 2 unspecified atom stereocenters. The molecule has 8 nitrogen and oxygen atoms in total. The number of carbonyl (C=O) groups is 2. The summed E-state index contributed by atoms with van der Waals surface area (Å²) in [6, 6.07) is 22.3. The molecule has 3 aromatic rings. The van der Waals surface area contributed by atoms with Crippen molar-refractivity contribution < 1.29 is 19.1 Å². The highest BCUT2D eigenvalue weighted by atomic mass is 35.5. The van der Waals surface area contributed by atoms with E-state index in [1.54, 1.807) is 0 Å². The van der Waals surface area contributed by atoms with E-state index < -0.39 is 0 Å². The van der Waals surface area contributed by atoms with Crippen molar-refractivity contribution in [2.75, 3.05) is 65.7 Å². The van der Waals surface area contributed by atoms with E-state index in [1.165, 1.54) is 0 Å². The molecule has 42 heavy (non-hydrogen) atoms. The summed E-state index contributed by atoms with van der Waals surface area (Å²) < 4.78 is 10.8. The van der Waals surface area contributed by atoms with Crippen molar-refractivity contribution >= 4 is 35.0 Å². The predicted molar refractivity (Wildman–Crippen MR) is 164 cm³/mol. The van der Waals surface area contributed by atoms with Gasteiger partial charge in [0.25, 0.3) is 0 Å². The third-order valence-corrected chi connectivity index (χ3v) is 8.07. The summed E-state index contributed by atoms with van der Waals surface area (Å²) in [7, 11) is 0. The Hall–Kier alpha value is -2.98. The molecule has 0 saturated carbocycles. The van der Waals surface area contributed by atoms with Crippen molar-refractivity contribution in [2.45, 2.75) is 12.1 Å². The van der Waals surface area contributed by atoms with Crippen LogP contribution in [0.1, 0.15) is 34.3 Å². The van der Waals surface area contributed by atoms with Crippen molar-refractivity contribution in [3.8, 4) is 0 Å². The van der Waals surface area contributed by atoms with Gasteiger partial charge in [0.2, 0.25) is 11.8 Å². The number of carbonyl (C=O) groups excluding carboxylic acids is 2. The van der Waals surface area contributed by atoms with E-state index in [0.717, 1.165) is 48.4 Å². The molecule has 2 atom stereocenters. The van der Waals surface area contributed by atoms with Gasteiger partial charge >= 0.3 is 0 Å². The van der Waals surface area contributed by atoms with Gasteiger partial charge in [-0.2, -0.15) is 0 Å². The van der Waals surface area contributed by atoms with E-state index in [9.17, 15) is 9.59 Å². The van der Waals surface area contributed by atoms with Crippen LogP contribution < -0.4 is 10.6 Å². The van der Waals surface area contributed by atoms with Crippen LogP contribution in [0.3, 0.4) is 0 Å². The topological polar surface area (TPSA) is 83.1 Å². The number of morpholine rings is 2. The Labute approximate surface area is 256 Å². The second-order valence-electron chi connectivity index (χ2n) is 10.5. The van der Waals surface area contributed by atoms with Gasteiger partial charge in [0.1, 0.15) is 0 Å². The summed E-state index contributed by atoms with van der Waals surface area (Å²) in [5, 5.41) is 7.69. The Morgan fingerprint density at radius 1 is 0.571 bits per heavy atom. The van der Waals surface area contributed by atoms with Gasteiger partial charge in [-0.3, -0.25) is 19.4 Å². The fraction of sp³-hybridized carbons (Fsp3) is 0.375. The number of nitrogens with one attached hydrogen (secondary N) is 2. The molecule has 2 fully saturated rings. The van der Waals surface area contributed by atoms with Crippen LogP contribution in [-0.4, -0.2) is 87.3 Å². The van der Waals surface area contributed by atoms with E-state index in [0.29, 0.717) is 49.6 Å². The number of nitrogens with zero attached hydrogens (tertiary/aromatic N) is 2. The second kappa shape index (κ2) is 15.0. The van der Waals surface area contributed by atoms with E-state index in [4.69, 9.17) is 32.7 Å². The smallest absolute Gasteiger partial charge is 0.234 e. The van der Waals surface area contributed by atoms with Crippen molar-refractivity contribution in [1.29, 1.82) is 0 Å².